The second-order valence-corrected chi connectivity index (χ2v) is 2.12. The molecular formula is C6H13NO3. The van der Waals surface area contributed by atoms with Crippen LogP contribution >= 0.6 is 0 Å². The fourth-order valence-electron chi connectivity index (χ4n) is 0.538. The summed E-state index contributed by atoms with van der Waals surface area (Å²) >= 11 is 0. The Bertz CT molecular complexity index is 104. The van der Waals surface area contributed by atoms with Crippen LogP contribution in [0.15, 0.2) is 0 Å². The van der Waals surface area contributed by atoms with Crippen molar-refractivity contribution < 1.29 is 15.0 Å². The van der Waals surface area contributed by atoms with Crippen molar-refractivity contribution in [2.24, 2.45) is 5.73 Å². The van der Waals surface area contributed by atoms with Gasteiger partial charge < -0.3 is 15.9 Å². The number of carbonyl (C=O) groups is 1. The maximum Gasteiger partial charge on any atom is 0.180 e. The fourth-order valence-corrected chi connectivity index (χ4v) is 0.538. The van der Waals surface area contributed by atoms with Crippen molar-refractivity contribution in [2.75, 3.05) is 6.61 Å². The predicted octanol–water partition coefficient (Wildman–Crippen LogP) is -1.35. The lowest BCUT2D eigenvalue weighted by atomic mass is 10.1. The Morgan fingerprint density at radius 1 is 1.70 bits per heavy atom. The second kappa shape index (κ2) is 4.38. The number of aliphatic hydroxyl groups is 2. The number of Topliss-reactive ketones (excluding diaryl/α,β-unsaturated/α-hetero) is 1. The summed E-state index contributed by atoms with van der Waals surface area (Å²) in [6.45, 7) is 1.19. The van der Waals surface area contributed by atoms with E-state index in [1.807, 2.05) is 0 Å². The highest BCUT2D eigenvalue weighted by atomic mass is 16.3. The molecule has 0 radical (unpaired) electrons. The average Bonchev–Trinajstić information content (AvgIpc) is 2.00. The molecule has 0 spiro atoms. The minimum absolute atomic E-state index is 0.482. The summed E-state index contributed by atoms with van der Waals surface area (Å²) in [4.78, 5) is 10.8. The summed E-state index contributed by atoms with van der Waals surface area (Å²) in [7, 11) is 0. The van der Waals surface area contributed by atoms with E-state index in [2.05, 4.69) is 0 Å². The van der Waals surface area contributed by atoms with Crippen molar-refractivity contribution in [3.8, 4) is 0 Å². The molecule has 2 unspecified atom stereocenters. The van der Waals surface area contributed by atoms with Gasteiger partial charge in [0, 0.05) is 0 Å². The number of carbonyl (C=O) groups excluding carboxylic acids is 1. The number of rotatable bonds is 4. The smallest absolute Gasteiger partial charge is 0.180 e. The highest BCUT2D eigenvalue weighted by Crippen LogP contribution is 1.93. The third-order valence-electron chi connectivity index (χ3n) is 1.31. The molecule has 0 bridgehead atoms. The van der Waals surface area contributed by atoms with Crippen molar-refractivity contribution >= 4 is 5.78 Å². The highest BCUT2D eigenvalue weighted by Gasteiger charge is 2.19. The molecule has 0 aromatic heterocycles. The fraction of sp³-hybridized carbons (Fsp3) is 0.833. The first-order chi connectivity index (χ1) is 4.63. The zero-order valence-corrected chi connectivity index (χ0v) is 5.95. The lowest BCUT2D eigenvalue weighted by molar-refractivity contribution is -0.130. The maximum atomic E-state index is 10.8. The quantitative estimate of drug-likeness (QED) is 0.459. The summed E-state index contributed by atoms with van der Waals surface area (Å²) in [6, 6.07) is -0.651. The summed E-state index contributed by atoms with van der Waals surface area (Å²) in [5.41, 5.74) is 5.27. The van der Waals surface area contributed by atoms with Crippen LogP contribution in [0, 0.1) is 0 Å². The third-order valence-corrected chi connectivity index (χ3v) is 1.31. The monoisotopic (exact) mass is 147 g/mol. The third kappa shape index (κ3) is 2.43. The normalized spacial score (nSPS) is 16.4. The van der Waals surface area contributed by atoms with Gasteiger partial charge in [-0.3, -0.25) is 4.79 Å². The Hall–Kier alpha value is -0.450. The summed E-state index contributed by atoms with van der Waals surface area (Å²) in [5.74, 6) is -0.495. The van der Waals surface area contributed by atoms with Gasteiger partial charge in [-0.15, -0.1) is 0 Å². The molecule has 2 atom stereocenters. The summed E-state index contributed by atoms with van der Waals surface area (Å²) in [5, 5.41) is 17.1. The molecular weight excluding hydrogens is 134 g/mol. The second-order valence-electron chi connectivity index (χ2n) is 2.12. The molecule has 0 aliphatic carbocycles. The SMILES string of the molecule is CCC(N)C(=O)C(O)CO. The van der Waals surface area contributed by atoms with E-state index in [4.69, 9.17) is 15.9 Å². The van der Waals surface area contributed by atoms with Gasteiger partial charge in [-0.05, 0) is 6.42 Å². The molecule has 60 valence electrons. The van der Waals surface area contributed by atoms with Gasteiger partial charge in [0.1, 0.15) is 6.10 Å². The van der Waals surface area contributed by atoms with Crippen LogP contribution in [0.1, 0.15) is 13.3 Å². The molecule has 0 amide bonds. The Balaban J connectivity index is 3.82. The molecule has 10 heavy (non-hydrogen) atoms. The molecule has 0 saturated carbocycles. The number of aliphatic hydroxyl groups excluding tert-OH is 2. The molecule has 0 fully saturated rings. The molecule has 0 aliphatic rings. The molecule has 0 saturated heterocycles. The van der Waals surface area contributed by atoms with Gasteiger partial charge in [0.15, 0.2) is 5.78 Å². The number of hydrogen-bond acceptors (Lipinski definition) is 4. The Kier molecular flexibility index (Phi) is 4.18. The first-order valence-corrected chi connectivity index (χ1v) is 3.21. The van der Waals surface area contributed by atoms with Crippen LogP contribution < -0.4 is 5.73 Å². The van der Waals surface area contributed by atoms with Crippen LogP contribution in [-0.4, -0.2) is 34.7 Å². The van der Waals surface area contributed by atoms with E-state index in [0.717, 1.165) is 0 Å². The lowest BCUT2D eigenvalue weighted by Crippen LogP contribution is -2.39. The van der Waals surface area contributed by atoms with E-state index in [9.17, 15) is 4.79 Å². The van der Waals surface area contributed by atoms with Gasteiger partial charge in [0.2, 0.25) is 0 Å². The van der Waals surface area contributed by atoms with Crippen LogP contribution in [0.3, 0.4) is 0 Å². The van der Waals surface area contributed by atoms with Gasteiger partial charge in [-0.2, -0.15) is 0 Å². The summed E-state index contributed by atoms with van der Waals surface area (Å²) < 4.78 is 0. The van der Waals surface area contributed by atoms with Crippen LogP contribution in [0.2, 0.25) is 0 Å². The molecule has 0 aromatic carbocycles. The standard InChI is InChI=1S/C6H13NO3/c1-2-4(7)6(10)5(9)3-8/h4-5,8-9H,2-3,7H2,1H3. The number of ketones is 1. The minimum atomic E-state index is -1.31. The Morgan fingerprint density at radius 2 is 2.20 bits per heavy atom. The molecule has 0 heterocycles. The van der Waals surface area contributed by atoms with Gasteiger partial charge in [-0.25, -0.2) is 0 Å². The van der Waals surface area contributed by atoms with E-state index in [1.54, 1.807) is 6.92 Å². The topological polar surface area (TPSA) is 83.6 Å². The largest absolute Gasteiger partial charge is 0.393 e. The highest BCUT2D eigenvalue weighted by molar-refractivity contribution is 5.87. The Morgan fingerprint density at radius 3 is 2.50 bits per heavy atom. The molecule has 4 N–H and O–H groups in total. The number of nitrogens with two attached hydrogens (primary N) is 1. The van der Waals surface area contributed by atoms with Crippen LogP contribution in [0.25, 0.3) is 0 Å². The van der Waals surface area contributed by atoms with Crippen molar-refractivity contribution in [3.63, 3.8) is 0 Å². The predicted molar refractivity (Wildman–Crippen MR) is 36.4 cm³/mol. The van der Waals surface area contributed by atoms with Gasteiger partial charge >= 0.3 is 0 Å². The van der Waals surface area contributed by atoms with E-state index >= 15 is 0 Å². The number of hydrogen-bond donors (Lipinski definition) is 3. The van der Waals surface area contributed by atoms with Crippen molar-refractivity contribution in [1.82, 2.24) is 0 Å². The van der Waals surface area contributed by atoms with E-state index in [-0.39, 0.29) is 0 Å². The van der Waals surface area contributed by atoms with Crippen molar-refractivity contribution in [2.45, 2.75) is 25.5 Å². The summed E-state index contributed by atoms with van der Waals surface area (Å²) in [6.07, 6.45) is -0.828. The average molecular weight is 147 g/mol. The zero-order valence-electron chi connectivity index (χ0n) is 5.95. The molecule has 0 aromatic rings. The molecule has 0 rings (SSSR count). The van der Waals surface area contributed by atoms with Crippen LogP contribution in [0.5, 0.6) is 0 Å². The van der Waals surface area contributed by atoms with Crippen molar-refractivity contribution in [3.05, 3.63) is 0 Å². The first-order valence-electron chi connectivity index (χ1n) is 3.21. The lowest BCUT2D eigenvalue weighted by Gasteiger charge is -2.10. The molecule has 4 heteroatoms. The van der Waals surface area contributed by atoms with Crippen molar-refractivity contribution in [1.29, 1.82) is 0 Å². The maximum absolute atomic E-state index is 10.8. The van der Waals surface area contributed by atoms with Crippen LogP contribution in [-0.2, 0) is 4.79 Å². The zero-order chi connectivity index (χ0) is 8.15. The van der Waals surface area contributed by atoms with Gasteiger partial charge in [0.05, 0.1) is 12.6 Å². The van der Waals surface area contributed by atoms with Gasteiger partial charge in [-0.1, -0.05) is 6.92 Å². The van der Waals surface area contributed by atoms with Gasteiger partial charge in [0.25, 0.3) is 0 Å². The first kappa shape index (κ1) is 9.55. The van der Waals surface area contributed by atoms with E-state index in [0.29, 0.717) is 6.42 Å². The Labute approximate surface area is 59.7 Å². The van der Waals surface area contributed by atoms with Crippen LogP contribution in [0.4, 0.5) is 0 Å². The van der Waals surface area contributed by atoms with E-state index < -0.39 is 24.5 Å². The van der Waals surface area contributed by atoms with E-state index in [1.165, 1.54) is 0 Å². The minimum Gasteiger partial charge on any atom is -0.393 e. The molecule has 0 aliphatic heterocycles. The molecule has 4 nitrogen and oxygen atoms in total.